The molecule has 0 aromatic carbocycles. The van der Waals surface area contributed by atoms with Gasteiger partial charge in [0, 0.05) is 6.54 Å². The van der Waals surface area contributed by atoms with Gasteiger partial charge in [-0.1, -0.05) is 31.8 Å². The number of hydrogen-bond acceptors (Lipinski definition) is 3. The van der Waals surface area contributed by atoms with Crippen molar-refractivity contribution in [1.82, 2.24) is 11.0 Å². The highest BCUT2D eigenvalue weighted by atomic mass is 15.6. The summed E-state index contributed by atoms with van der Waals surface area (Å²) in [6, 6.07) is 0. The van der Waals surface area contributed by atoms with Gasteiger partial charge in [-0.25, -0.2) is 11.0 Å². The Morgan fingerprint density at radius 1 is 0.833 bits per heavy atom. The van der Waals surface area contributed by atoms with Crippen LogP contribution in [0.15, 0.2) is 16.8 Å². The second-order valence-corrected chi connectivity index (χ2v) is 5.44. The van der Waals surface area contributed by atoms with Gasteiger partial charge in [0.15, 0.2) is 0 Å². The van der Waals surface area contributed by atoms with Crippen molar-refractivity contribution < 1.29 is 0 Å². The van der Waals surface area contributed by atoms with Gasteiger partial charge in [-0.2, -0.15) is 5.10 Å². The third-order valence-corrected chi connectivity index (χ3v) is 3.90. The highest BCUT2D eigenvalue weighted by Crippen LogP contribution is 2.20. The number of allylic oxidation sites excluding steroid dienone is 2. The standard InChI is InChI=1S/C15H27N3/c1-2-4-7-11-14(10-6-3-1)15-12-8-5-9-13-16-18-17-15/h10,16,18H,1-9,11-13H2. The maximum Gasteiger partial charge on any atom is 0.0647 e. The first-order chi connectivity index (χ1) is 8.97. The molecule has 0 fully saturated rings. The van der Waals surface area contributed by atoms with Crippen LogP contribution in [0.1, 0.15) is 70.6 Å². The van der Waals surface area contributed by atoms with Gasteiger partial charge in [-0.3, -0.25) is 0 Å². The molecule has 2 aliphatic rings. The highest BCUT2D eigenvalue weighted by Gasteiger charge is 2.10. The van der Waals surface area contributed by atoms with Gasteiger partial charge >= 0.3 is 0 Å². The Balaban J connectivity index is 1.99. The minimum atomic E-state index is 1.02. The lowest BCUT2D eigenvalue weighted by Gasteiger charge is -2.10. The summed E-state index contributed by atoms with van der Waals surface area (Å²) in [6.07, 6.45) is 16.8. The van der Waals surface area contributed by atoms with Crippen molar-refractivity contribution in [3.63, 3.8) is 0 Å². The van der Waals surface area contributed by atoms with Crippen LogP contribution in [0.25, 0.3) is 0 Å². The third kappa shape index (κ3) is 4.81. The molecule has 0 aromatic heterocycles. The van der Waals surface area contributed by atoms with Crippen molar-refractivity contribution in [1.29, 1.82) is 0 Å². The SMILES string of the molecule is C1=C(C2=NNNCCCCC2)CCCCCCC1. The van der Waals surface area contributed by atoms with Crippen molar-refractivity contribution in [3.05, 3.63) is 11.6 Å². The lowest BCUT2D eigenvalue weighted by Crippen LogP contribution is -2.28. The predicted octanol–water partition coefficient (Wildman–Crippen LogP) is 3.68. The molecule has 0 amide bonds. The summed E-state index contributed by atoms with van der Waals surface area (Å²) in [4.78, 5) is 0. The van der Waals surface area contributed by atoms with Gasteiger partial charge in [0.05, 0.1) is 5.71 Å². The molecule has 2 N–H and O–H groups in total. The quantitative estimate of drug-likeness (QED) is 0.743. The summed E-state index contributed by atoms with van der Waals surface area (Å²) < 4.78 is 0. The first-order valence-electron chi connectivity index (χ1n) is 7.70. The molecule has 0 unspecified atom stereocenters. The Morgan fingerprint density at radius 2 is 1.61 bits per heavy atom. The van der Waals surface area contributed by atoms with E-state index in [9.17, 15) is 0 Å². The number of hydrazine groups is 1. The van der Waals surface area contributed by atoms with Crippen LogP contribution < -0.4 is 11.0 Å². The van der Waals surface area contributed by atoms with E-state index in [2.05, 4.69) is 22.1 Å². The van der Waals surface area contributed by atoms with Gasteiger partial charge in [0.2, 0.25) is 0 Å². The third-order valence-electron chi connectivity index (χ3n) is 3.90. The Hall–Kier alpha value is -0.830. The molecular weight excluding hydrogens is 222 g/mol. The maximum absolute atomic E-state index is 4.56. The smallest absolute Gasteiger partial charge is 0.0647 e. The zero-order chi connectivity index (χ0) is 12.5. The average Bonchev–Trinajstić information content (AvgIpc) is 2.61. The van der Waals surface area contributed by atoms with E-state index in [-0.39, 0.29) is 0 Å². The van der Waals surface area contributed by atoms with Gasteiger partial charge < -0.3 is 0 Å². The molecule has 0 saturated carbocycles. The van der Waals surface area contributed by atoms with E-state index in [1.807, 2.05) is 0 Å². The van der Waals surface area contributed by atoms with Crippen LogP contribution in [0, 0.1) is 0 Å². The molecule has 3 nitrogen and oxygen atoms in total. The van der Waals surface area contributed by atoms with Crippen molar-refractivity contribution in [2.24, 2.45) is 5.10 Å². The molecule has 0 atom stereocenters. The number of nitrogens with one attached hydrogen (secondary N) is 2. The van der Waals surface area contributed by atoms with E-state index >= 15 is 0 Å². The molecule has 0 spiro atoms. The molecular formula is C15H27N3. The summed E-state index contributed by atoms with van der Waals surface area (Å²) in [5.41, 5.74) is 9.00. The number of rotatable bonds is 1. The van der Waals surface area contributed by atoms with Gasteiger partial charge in [-0.05, 0) is 50.5 Å². The van der Waals surface area contributed by atoms with E-state index in [0.717, 1.165) is 13.0 Å². The van der Waals surface area contributed by atoms with Crippen molar-refractivity contribution in [3.8, 4) is 0 Å². The summed E-state index contributed by atoms with van der Waals surface area (Å²) in [5.74, 6) is 0. The first-order valence-corrected chi connectivity index (χ1v) is 7.70. The topological polar surface area (TPSA) is 36.4 Å². The lowest BCUT2D eigenvalue weighted by atomic mass is 9.98. The Kier molecular flexibility index (Phi) is 6.27. The van der Waals surface area contributed by atoms with Gasteiger partial charge in [-0.15, -0.1) is 0 Å². The Morgan fingerprint density at radius 3 is 2.61 bits per heavy atom. The molecule has 1 aliphatic heterocycles. The number of nitrogens with zero attached hydrogens (tertiary/aromatic N) is 1. The fourth-order valence-corrected chi connectivity index (χ4v) is 2.76. The molecule has 3 heteroatoms. The lowest BCUT2D eigenvalue weighted by molar-refractivity contribution is 0.536. The molecule has 1 aliphatic carbocycles. The van der Waals surface area contributed by atoms with E-state index in [1.54, 1.807) is 0 Å². The van der Waals surface area contributed by atoms with Crippen LogP contribution in [0.5, 0.6) is 0 Å². The summed E-state index contributed by atoms with van der Waals surface area (Å²) >= 11 is 0. The molecule has 2 rings (SSSR count). The second-order valence-electron chi connectivity index (χ2n) is 5.44. The van der Waals surface area contributed by atoms with E-state index in [4.69, 9.17) is 0 Å². The summed E-state index contributed by atoms with van der Waals surface area (Å²) in [7, 11) is 0. The van der Waals surface area contributed by atoms with Crippen LogP contribution in [0.4, 0.5) is 0 Å². The monoisotopic (exact) mass is 249 g/mol. The molecule has 0 saturated heterocycles. The van der Waals surface area contributed by atoms with Crippen LogP contribution >= 0.6 is 0 Å². The van der Waals surface area contributed by atoms with Crippen molar-refractivity contribution in [2.45, 2.75) is 70.6 Å². The van der Waals surface area contributed by atoms with E-state index in [0.29, 0.717) is 0 Å². The Labute approximate surface area is 111 Å². The molecule has 102 valence electrons. The molecule has 1 heterocycles. The summed E-state index contributed by atoms with van der Waals surface area (Å²) in [6.45, 7) is 1.02. The summed E-state index contributed by atoms with van der Waals surface area (Å²) in [5, 5.41) is 4.56. The number of hydrazone groups is 1. The fourth-order valence-electron chi connectivity index (χ4n) is 2.76. The van der Waals surface area contributed by atoms with E-state index in [1.165, 1.54) is 75.5 Å². The second kappa shape index (κ2) is 8.30. The molecule has 18 heavy (non-hydrogen) atoms. The molecule has 0 bridgehead atoms. The number of hydrogen-bond donors (Lipinski definition) is 2. The fraction of sp³-hybridized carbons (Fsp3) is 0.800. The Bertz CT molecular complexity index is 264. The van der Waals surface area contributed by atoms with Crippen LogP contribution in [-0.2, 0) is 0 Å². The van der Waals surface area contributed by atoms with Crippen LogP contribution in [0.3, 0.4) is 0 Å². The zero-order valence-electron chi connectivity index (χ0n) is 11.5. The predicted molar refractivity (Wildman–Crippen MR) is 77.4 cm³/mol. The molecule has 0 aromatic rings. The van der Waals surface area contributed by atoms with Crippen molar-refractivity contribution >= 4 is 5.71 Å². The van der Waals surface area contributed by atoms with Gasteiger partial charge in [0.25, 0.3) is 0 Å². The van der Waals surface area contributed by atoms with E-state index < -0.39 is 0 Å². The largest absolute Gasteiger partial charge is 0.243 e. The molecule has 0 radical (unpaired) electrons. The van der Waals surface area contributed by atoms with Gasteiger partial charge in [0.1, 0.15) is 0 Å². The average molecular weight is 249 g/mol. The normalized spacial score (nSPS) is 24.0. The zero-order valence-corrected chi connectivity index (χ0v) is 11.5. The minimum Gasteiger partial charge on any atom is -0.243 e. The first kappa shape index (κ1) is 13.6. The van der Waals surface area contributed by atoms with Crippen LogP contribution in [0.2, 0.25) is 0 Å². The minimum absolute atomic E-state index is 1.02. The van der Waals surface area contributed by atoms with Crippen molar-refractivity contribution in [2.75, 3.05) is 6.54 Å². The maximum atomic E-state index is 4.56. The van der Waals surface area contributed by atoms with Crippen LogP contribution in [-0.4, -0.2) is 12.3 Å². The highest BCUT2D eigenvalue weighted by molar-refractivity contribution is 5.99.